The second-order valence-electron chi connectivity index (χ2n) is 4.27. The smallest absolute Gasteiger partial charge is 0.335 e. The molecule has 0 aromatic heterocycles. The second-order valence-corrected chi connectivity index (χ2v) is 4.75. The van der Waals surface area contributed by atoms with Gasteiger partial charge in [-0.15, -0.1) is 12.6 Å². The number of amides is 1. The van der Waals surface area contributed by atoms with Gasteiger partial charge in [0.15, 0.2) is 0 Å². The van der Waals surface area contributed by atoms with Crippen LogP contribution in [0.2, 0.25) is 0 Å². The SMILES string of the molecule is O=C(C=C(S)c1ccccc1)Nc1ccc(C(=O)O)cc1. The number of carbonyl (C=O) groups is 2. The highest BCUT2D eigenvalue weighted by Crippen LogP contribution is 2.18. The van der Waals surface area contributed by atoms with E-state index in [0.717, 1.165) is 5.56 Å². The van der Waals surface area contributed by atoms with Gasteiger partial charge in [0, 0.05) is 16.7 Å². The predicted octanol–water partition coefficient (Wildman–Crippen LogP) is 3.29. The van der Waals surface area contributed by atoms with Gasteiger partial charge in [-0.2, -0.15) is 0 Å². The van der Waals surface area contributed by atoms with Crippen LogP contribution in [0, 0.1) is 0 Å². The molecular formula is C16H13NO3S. The van der Waals surface area contributed by atoms with Crippen LogP contribution in [0.1, 0.15) is 15.9 Å². The van der Waals surface area contributed by atoms with Gasteiger partial charge in [-0.05, 0) is 29.8 Å². The van der Waals surface area contributed by atoms with Gasteiger partial charge in [-0.25, -0.2) is 4.79 Å². The van der Waals surface area contributed by atoms with E-state index in [1.165, 1.54) is 30.3 Å². The molecule has 5 heteroatoms. The number of hydrogen-bond donors (Lipinski definition) is 3. The van der Waals surface area contributed by atoms with E-state index in [1.54, 1.807) is 0 Å². The molecule has 106 valence electrons. The quantitative estimate of drug-likeness (QED) is 0.599. The third-order valence-corrected chi connectivity index (χ3v) is 3.12. The molecule has 0 atom stereocenters. The molecule has 2 N–H and O–H groups in total. The number of benzene rings is 2. The normalized spacial score (nSPS) is 11.0. The summed E-state index contributed by atoms with van der Waals surface area (Å²) in [6.45, 7) is 0. The lowest BCUT2D eigenvalue weighted by atomic mass is 10.2. The van der Waals surface area contributed by atoms with Crippen LogP contribution in [0.5, 0.6) is 0 Å². The van der Waals surface area contributed by atoms with Crippen LogP contribution in [0.15, 0.2) is 60.7 Å². The first kappa shape index (κ1) is 14.9. The summed E-state index contributed by atoms with van der Waals surface area (Å²) in [5, 5.41) is 11.4. The zero-order valence-corrected chi connectivity index (χ0v) is 11.9. The van der Waals surface area contributed by atoms with Crippen molar-refractivity contribution < 1.29 is 14.7 Å². The summed E-state index contributed by atoms with van der Waals surface area (Å²) in [6, 6.07) is 15.3. The fraction of sp³-hybridized carbons (Fsp3) is 0. The molecule has 0 saturated heterocycles. The van der Waals surface area contributed by atoms with Crippen molar-refractivity contribution in [1.82, 2.24) is 0 Å². The van der Waals surface area contributed by atoms with Gasteiger partial charge in [-0.3, -0.25) is 4.79 Å². The summed E-state index contributed by atoms with van der Waals surface area (Å²) in [7, 11) is 0. The molecule has 0 aliphatic carbocycles. The Balaban J connectivity index is 2.06. The van der Waals surface area contributed by atoms with Gasteiger partial charge in [0.05, 0.1) is 5.56 Å². The van der Waals surface area contributed by atoms with Crippen molar-refractivity contribution in [2.75, 3.05) is 5.32 Å². The Morgan fingerprint density at radius 3 is 2.14 bits per heavy atom. The fourth-order valence-corrected chi connectivity index (χ4v) is 1.96. The van der Waals surface area contributed by atoms with Crippen LogP contribution in [0.25, 0.3) is 4.91 Å². The van der Waals surface area contributed by atoms with Crippen molar-refractivity contribution in [2.24, 2.45) is 0 Å². The number of thiol groups is 1. The molecule has 2 aromatic rings. The highest BCUT2D eigenvalue weighted by atomic mass is 32.1. The summed E-state index contributed by atoms with van der Waals surface area (Å²) < 4.78 is 0. The minimum absolute atomic E-state index is 0.169. The van der Waals surface area contributed by atoms with Crippen molar-refractivity contribution in [2.45, 2.75) is 0 Å². The summed E-state index contributed by atoms with van der Waals surface area (Å²) >= 11 is 4.29. The van der Waals surface area contributed by atoms with E-state index >= 15 is 0 Å². The van der Waals surface area contributed by atoms with E-state index in [2.05, 4.69) is 17.9 Å². The van der Waals surface area contributed by atoms with Gasteiger partial charge < -0.3 is 10.4 Å². The minimum Gasteiger partial charge on any atom is -0.478 e. The lowest BCUT2D eigenvalue weighted by Crippen LogP contribution is -2.08. The first-order chi connectivity index (χ1) is 10.1. The molecular weight excluding hydrogens is 286 g/mol. The molecule has 0 bridgehead atoms. The van der Waals surface area contributed by atoms with E-state index in [1.807, 2.05) is 30.3 Å². The van der Waals surface area contributed by atoms with E-state index in [4.69, 9.17) is 5.11 Å². The maximum Gasteiger partial charge on any atom is 0.335 e. The van der Waals surface area contributed by atoms with E-state index in [-0.39, 0.29) is 11.5 Å². The monoisotopic (exact) mass is 299 g/mol. The van der Waals surface area contributed by atoms with E-state index in [0.29, 0.717) is 10.6 Å². The molecule has 0 unspecified atom stereocenters. The average Bonchev–Trinajstić information content (AvgIpc) is 2.48. The number of hydrogen-bond acceptors (Lipinski definition) is 3. The van der Waals surface area contributed by atoms with Crippen molar-refractivity contribution in [3.8, 4) is 0 Å². The Bertz CT molecular complexity index is 678. The molecule has 0 aliphatic heterocycles. The molecule has 0 saturated carbocycles. The van der Waals surface area contributed by atoms with Gasteiger partial charge in [0.25, 0.3) is 0 Å². The molecule has 0 fully saturated rings. The number of rotatable bonds is 4. The van der Waals surface area contributed by atoms with Crippen LogP contribution in [0.3, 0.4) is 0 Å². The molecule has 4 nitrogen and oxygen atoms in total. The number of aromatic carboxylic acids is 1. The molecule has 0 aliphatic rings. The lowest BCUT2D eigenvalue weighted by molar-refractivity contribution is -0.111. The summed E-state index contributed by atoms with van der Waals surface area (Å²) in [5.74, 6) is -1.33. The molecule has 21 heavy (non-hydrogen) atoms. The number of anilines is 1. The second kappa shape index (κ2) is 6.76. The fourth-order valence-electron chi connectivity index (χ4n) is 1.69. The zero-order chi connectivity index (χ0) is 15.2. The first-order valence-corrected chi connectivity index (χ1v) is 6.61. The van der Waals surface area contributed by atoms with Crippen LogP contribution >= 0.6 is 12.6 Å². The van der Waals surface area contributed by atoms with Gasteiger partial charge in [-0.1, -0.05) is 30.3 Å². The van der Waals surface area contributed by atoms with Crippen molar-refractivity contribution in [3.05, 3.63) is 71.8 Å². The highest BCUT2D eigenvalue weighted by molar-refractivity contribution is 7.90. The molecule has 2 aromatic carbocycles. The standard InChI is InChI=1S/C16H13NO3S/c18-15(10-14(21)11-4-2-1-3-5-11)17-13-8-6-12(7-9-13)16(19)20/h1-10,21H,(H,17,18)(H,19,20). The molecule has 2 rings (SSSR count). The Morgan fingerprint density at radius 1 is 0.952 bits per heavy atom. The van der Waals surface area contributed by atoms with Crippen molar-refractivity contribution in [1.29, 1.82) is 0 Å². The first-order valence-electron chi connectivity index (χ1n) is 6.16. The number of nitrogens with one attached hydrogen (secondary N) is 1. The van der Waals surface area contributed by atoms with Crippen LogP contribution in [0.4, 0.5) is 5.69 Å². The molecule has 0 radical (unpaired) electrons. The van der Waals surface area contributed by atoms with Gasteiger partial charge >= 0.3 is 5.97 Å². The van der Waals surface area contributed by atoms with Gasteiger partial charge in [0.2, 0.25) is 5.91 Å². The van der Waals surface area contributed by atoms with Crippen molar-refractivity contribution >= 4 is 35.1 Å². The number of carboxylic acids is 1. The topological polar surface area (TPSA) is 66.4 Å². The Morgan fingerprint density at radius 2 is 1.57 bits per heavy atom. The Labute approximate surface area is 127 Å². The predicted molar refractivity (Wildman–Crippen MR) is 85.4 cm³/mol. The van der Waals surface area contributed by atoms with Crippen LogP contribution in [-0.4, -0.2) is 17.0 Å². The molecule has 0 spiro atoms. The maximum atomic E-state index is 11.9. The minimum atomic E-state index is -1.01. The maximum absolute atomic E-state index is 11.9. The number of carboxylic acid groups (broad SMARTS) is 1. The average molecular weight is 299 g/mol. The third kappa shape index (κ3) is 4.22. The molecule has 1 amide bonds. The highest BCUT2D eigenvalue weighted by Gasteiger charge is 2.04. The zero-order valence-electron chi connectivity index (χ0n) is 11.0. The van der Waals surface area contributed by atoms with Gasteiger partial charge in [0.1, 0.15) is 0 Å². The van der Waals surface area contributed by atoms with Crippen LogP contribution in [-0.2, 0) is 4.79 Å². The number of carbonyl (C=O) groups excluding carboxylic acids is 1. The summed E-state index contributed by atoms with van der Waals surface area (Å²) in [5.41, 5.74) is 1.54. The largest absolute Gasteiger partial charge is 0.478 e. The Hall–Kier alpha value is -2.53. The molecule has 0 heterocycles. The Kier molecular flexibility index (Phi) is 4.79. The third-order valence-electron chi connectivity index (χ3n) is 2.74. The summed E-state index contributed by atoms with van der Waals surface area (Å²) in [6.07, 6.45) is 1.38. The van der Waals surface area contributed by atoms with E-state index < -0.39 is 5.97 Å². The van der Waals surface area contributed by atoms with Crippen molar-refractivity contribution in [3.63, 3.8) is 0 Å². The summed E-state index contributed by atoms with van der Waals surface area (Å²) in [4.78, 5) is 23.1. The van der Waals surface area contributed by atoms with Crippen LogP contribution < -0.4 is 5.32 Å². The lowest BCUT2D eigenvalue weighted by Gasteiger charge is -2.04. The van der Waals surface area contributed by atoms with E-state index in [9.17, 15) is 9.59 Å².